The van der Waals surface area contributed by atoms with Crippen LogP contribution in [0.3, 0.4) is 0 Å². The van der Waals surface area contributed by atoms with E-state index in [1.165, 1.54) is 12.7 Å². The lowest BCUT2D eigenvalue weighted by Gasteiger charge is -2.17. The van der Waals surface area contributed by atoms with Gasteiger partial charge in [0.05, 0.1) is 25.6 Å². The summed E-state index contributed by atoms with van der Waals surface area (Å²) in [5, 5.41) is 0. The first-order chi connectivity index (χ1) is 12.3. The van der Waals surface area contributed by atoms with Crippen LogP contribution in [0, 0.1) is 0 Å². The smallest absolute Gasteiger partial charge is 0.435 e. The number of aromatic nitrogens is 4. The van der Waals surface area contributed by atoms with Gasteiger partial charge in [-0.25, -0.2) is 19.7 Å². The highest BCUT2D eigenvalue weighted by molar-refractivity contribution is 7.52. The molecule has 2 atom stereocenters. The maximum absolute atomic E-state index is 11.8. The highest BCUT2D eigenvalue weighted by atomic mass is 31.2. The van der Waals surface area contributed by atoms with Crippen LogP contribution in [-0.4, -0.2) is 56.4 Å². The van der Waals surface area contributed by atoms with Gasteiger partial charge in [-0.05, 0) is 13.8 Å². The SMILES string of the molecule is CCOC(=O)OCOP(=O)(O)CO[C@H](C)Cn1cnc2c(N)ncnc21. The van der Waals surface area contributed by atoms with Crippen LogP contribution in [0.2, 0.25) is 0 Å². The molecule has 2 aromatic heterocycles. The maximum Gasteiger partial charge on any atom is 0.510 e. The first kappa shape index (κ1) is 20.0. The monoisotopic (exact) mass is 389 g/mol. The minimum Gasteiger partial charge on any atom is -0.435 e. The molecule has 0 aliphatic rings. The minimum atomic E-state index is -4.09. The van der Waals surface area contributed by atoms with Crippen LogP contribution in [-0.2, 0) is 29.8 Å². The van der Waals surface area contributed by atoms with Gasteiger partial charge in [0, 0.05) is 0 Å². The number of nitrogens with zero attached hydrogens (tertiary/aromatic N) is 4. The van der Waals surface area contributed by atoms with E-state index in [1.54, 1.807) is 18.4 Å². The Morgan fingerprint density at radius 3 is 2.88 bits per heavy atom. The average Bonchev–Trinajstić information content (AvgIpc) is 2.98. The number of hydrogen-bond acceptors (Lipinski definition) is 10. The molecule has 1 unspecified atom stereocenters. The predicted molar refractivity (Wildman–Crippen MR) is 89.0 cm³/mol. The molecule has 144 valence electrons. The number of ether oxygens (including phenoxy) is 3. The predicted octanol–water partition coefficient (Wildman–Crippen LogP) is 1.10. The van der Waals surface area contributed by atoms with Gasteiger partial charge in [0.1, 0.15) is 18.2 Å². The number of rotatable bonds is 9. The Balaban J connectivity index is 1.81. The molecule has 0 amide bonds. The maximum atomic E-state index is 11.8. The fraction of sp³-hybridized carbons (Fsp3) is 0.538. The van der Waals surface area contributed by atoms with Crippen molar-refractivity contribution in [1.29, 1.82) is 0 Å². The quantitative estimate of drug-likeness (QED) is 0.359. The Morgan fingerprint density at radius 2 is 2.15 bits per heavy atom. The lowest BCUT2D eigenvalue weighted by atomic mass is 10.4. The van der Waals surface area contributed by atoms with Crippen molar-refractivity contribution < 1.29 is 33.0 Å². The average molecular weight is 389 g/mol. The van der Waals surface area contributed by atoms with Gasteiger partial charge in [0.2, 0.25) is 6.79 Å². The molecule has 0 fully saturated rings. The lowest BCUT2D eigenvalue weighted by molar-refractivity contribution is -0.00273. The van der Waals surface area contributed by atoms with Crippen LogP contribution in [0.5, 0.6) is 0 Å². The van der Waals surface area contributed by atoms with E-state index in [-0.39, 0.29) is 12.4 Å². The van der Waals surface area contributed by atoms with Gasteiger partial charge in [-0.1, -0.05) is 0 Å². The number of carbonyl (C=O) groups is 1. The molecule has 26 heavy (non-hydrogen) atoms. The minimum absolute atomic E-state index is 0.121. The third-order valence-corrected chi connectivity index (χ3v) is 4.08. The third kappa shape index (κ3) is 5.63. The van der Waals surface area contributed by atoms with Gasteiger partial charge in [-0.3, -0.25) is 9.09 Å². The number of nitrogen functional groups attached to an aromatic ring is 1. The Labute approximate surface area is 148 Å². The molecule has 0 bridgehead atoms. The van der Waals surface area contributed by atoms with E-state index >= 15 is 0 Å². The van der Waals surface area contributed by atoms with E-state index in [0.717, 1.165) is 0 Å². The molecule has 12 nitrogen and oxygen atoms in total. The van der Waals surface area contributed by atoms with Crippen LogP contribution in [0.1, 0.15) is 13.8 Å². The molecular weight excluding hydrogens is 369 g/mol. The number of fused-ring (bicyclic) bond motifs is 1. The van der Waals surface area contributed by atoms with Gasteiger partial charge in [0.15, 0.2) is 11.5 Å². The summed E-state index contributed by atoms with van der Waals surface area (Å²) in [6.07, 6.45) is 0.816. The van der Waals surface area contributed by atoms with E-state index in [4.69, 9.17) is 10.5 Å². The zero-order valence-electron chi connectivity index (χ0n) is 14.3. The molecule has 2 aromatic rings. The van der Waals surface area contributed by atoms with Crippen LogP contribution < -0.4 is 5.73 Å². The zero-order chi connectivity index (χ0) is 19.2. The number of hydrogen-bond donors (Lipinski definition) is 2. The summed E-state index contributed by atoms with van der Waals surface area (Å²) in [7, 11) is -4.09. The van der Waals surface area contributed by atoms with E-state index in [1.807, 2.05) is 0 Å². The molecule has 13 heteroatoms. The van der Waals surface area contributed by atoms with Crippen LogP contribution in [0.15, 0.2) is 12.7 Å². The largest absolute Gasteiger partial charge is 0.510 e. The summed E-state index contributed by atoms with van der Waals surface area (Å²) in [4.78, 5) is 32.7. The fourth-order valence-electron chi connectivity index (χ4n) is 1.94. The summed E-state index contributed by atoms with van der Waals surface area (Å²) >= 11 is 0. The molecule has 0 radical (unpaired) electrons. The van der Waals surface area contributed by atoms with Gasteiger partial charge < -0.3 is 29.4 Å². The highest BCUT2D eigenvalue weighted by Gasteiger charge is 2.23. The van der Waals surface area contributed by atoms with Crippen molar-refractivity contribution in [2.75, 3.05) is 25.5 Å². The normalized spacial score (nSPS) is 14.7. The molecule has 0 saturated heterocycles. The van der Waals surface area contributed by atoms with E-state index < -0.39 is 33.0 Å². The second kappa shape index (κ2) is 8.90. The zero-order valence-corrected chi connectivity index (χ0v) is 15.2. The van der Waals surface area contributed by atoms with E-state index in [9.17, 15) is 14.3 Å². The molecular formula is C13H20N5O7P. The topological polar surface area (TPSA) is 161 Å². The van der Waals surface area contributed by atoms with Crippen molar-refractivity contribution in [2.24, 2.45) is 0 Å². The fourth-order valence-corrected chi connectivity index (χ4v) is 2.67. The Kier molecular flexibility index (Phi) is 6.86. The Bertz CT molecular complexity index is 798. The first-order valence-electron chi connectivity index (χ1n) is 7.61. The molecule has 0 aromatic carbocycles. The van der Waals surface area contributed by atoms with E-state index in [0.29, 0.717) is 17.7 Å². The number of carbonyl (C=O) groups excluding carboxylic acids is 1. The van der Waals surface area contributed by atoms with Crippen molar-refractivity contribution >= 4 is 30.7 Å². The summed E-state index contributed by atoms with van der Waals surface area (Å²) < 4.78 is 32.4. The lowest BCUT2D eigenvalue weighted by Crippen LogP contribution is -2.18. The van der Waals surface area contributed by atoms with Gasteiger partial charge in [-0.15, -0.1) is 0 Å². The second-order valence-corrected chi connectivity index (χ2v) is 6.94. The molecule has 2 heterocycles. The van der Waals surface area contributed by atoms with Crippen LogP contribution >= 0.6 is 7.60 Å². The number of imidazole rings is 1. The molecule has 0 aliphatic heterocycles. The van der Waals surface area contributed by atoms with Crippen molar-refractivity contribution in [3.8, 4) is 0 Å². The van der Waals surface area contributed by atoms with Crippen molar-refractivity contribution in [3.05, 3.63) is 12.7 Å². The standard InChI is InChI=1S/C13H20N5O7P/c1-3-22-13(19)23-7-25-26(20,21)8-24-9(2)4-18-6-17-10-11(14)15-5-16-12(10)18/h5-6,9H,3-4,7-8H2,1-2H3,(H,20,21)(H2,14,15,16)/t9-/m1/s1. The molecule has 0 spiro atoms. The van der Waals surface area contributed by atoms with Crippen LogP contribution in [0.25, 0.3) is 11.2 Å². The van der Waals surface area contributed by atoms with Gasteiger partial charge in [-0.2, -0.15) is 0 Å². The molecule has 0 saturated carbocycles. The van der Waals surface area contributed by atoms with Gasteiger partial charge >= 0.3 is 13.8 Å². The Hall–Kier alpha value is -2.27. The number of nitrogens with two attached hydrogens (primary N) is 1. The first-order valence-corrected chi connectivity index (χ1v) is 9.37. The van der Waals surface area contributed by atoms with Crippen molar-refractivity contribution in [2.45, 2.75) is 26.5 Å². The summed E-state index contributed by atoms with van der Waals surface area (Å²) in [5.74, 6) is 0.261. The van der Waals surface area contributed by atoms with E-state index in [2.05, 4.69) is 28.9 Å². The third-order valence-electron chi connectivity index (χ3n) is 3.10. The Morgan fingerprint density at radius 1 is 1.38 bits per heavy atom. The van der Waals surface area contributed by atoms with Crippen LogP contribution in [0.4, 0.5) is 10.6 Å². The highest BCUT2D eigenvalue weighted by Crippen LogP contribution is 2.41. The summed E-state index contributed by atoms with van der Waals surface area (Å²) in [5.41, 5.74) is 6.71. The van der Waals surface area contributed by atoms with Crippen molar-refractivity contribution in [3.63, 3.8) is 0 Å². The molecule has 2 rings (SSSR count). The second-order valence-electron chi connectivity index (χ2n) is 5.15. The molecule has 3 N–H and O–H groups in total. The molecule has 0 aliphatic carbocycles. The summed E-state index contributed by atoms with van der Waals surface area (Å²) in [6, 6.07) is 0. The van der Waals surface area contributed by atoms with Gasteiger partial charge in [0.25, 0.3) is 0 Å². The van der Waals surface area contributed by atoms with Crippen molar-refractivity contribution in [1.82, 2.24) is 19.5 Å². The summed E-state index contributed by atoms with van der Waals surface area (Å²) in [6.45, 7) is 3.01. The number of anilines is 1.